The SMILES string of the molecule is CC(C)(C)OC(=O)N1CCC(Cc2ccc(F)cc2)(CN(C(=O)C(F)(F)F)[C@@H]2C[C@H]2c2ccccc2)CC1. The van der Waals surface area contributed by atoms with Gasteiger partial charge in [0.15, 0.2) is 0 Å². The van der Waals surface area contributed by atoms with Gasteiger partial charge in [-0.05, 0) is 75.1 Å². The van der Waals surface area contributed by atoms with Crippen LogP contribution in [0.15, 0.2) is 54.6 Å². The molecule has 1 aliphatic heterocycles. The molecule has 2 amide bonds. The molecule has 1 saturated carbocycles. The lowest BCUT2D eigenvalue weighted by atomic mass is 9.73. The minimum Gasteiger partial charge on any atom is -0.444 e. The Bertz CT molecular complexity index is 1120. The van der Waals surface area contributed by atoms with E-state index in [0.29, 0.717) is 25.7 Å². The lowest BCUT2D eigenvalue weighted by Crippen LogP contribution is -2.53. The first-order valence-corrected chi connectivity index (χ1v) is 12.9. The molecule has 0 unspecified atom stereocenters. The first kappa shape index (κ1) is 27.9. The highest BCUT2D eigenvalue weighted by Gasteiger charge is 2.54. The van der Waals surface area contributed by atoms with Crippen LogP contribution < -0.4 is 0 Å². The molecule has 2 aromatic carbocycles. The van der Waals surface area contributed by atoms with Gasteiger partial charge in [-0.2, -0.15) is 13.2 Å². The molecule has 5 nitrogen and oxygen atoms in total. The van der Waals surface area contributed by atoms with Crippen molar-refractivity contribution in [2.24, 2.45) is 5.41 Å². The summed E-state index contributed by atoms with van der Waals surface area (Å²) in [7, 11) is 0. The molecule has 1 aliphatic carbocycles. The Morgan fingerprint density at radius 2 is 1.61 bits per heavy atom. The van der Waals surface area contributed by atoms with Gasteiger partial charge >= 0.3 is 18.2 Å². The van der Waals surface area contributed by atoms with Crippen molar-refractivity contribution in [2.75, 3.05) is 19.6 Å². The maximum atomic E-state index is 13.8. The van der Waals surface area contributed by atoms with Crippen LogP contribution in [0.4, 0.5) is 22.4 Å². The van der Waals surface area contributed by atoms with Gasteiger partial charge in [0.05, 0.1) is 0 Å². The number of amides is 2. The molecule has 4 rings (SSSR count). The quantitative estimate of drug-likeness (QED) is 0.407. The third-order valence-corrected chi connectivity index (χ3v) is 7.36. The second-order valence-corrected chi connectivity index (χ2v) is 11.5. The molecule has 0 spiro atoms. The zero-order valence-electron chi connectivity index (χ0n) is 21.9. The molecule has 206 valence electrons. The number of nitrogens with zero attached hydrogens (tertiary/aromatic N) is 2. The van der Waals surface area contributed by atoms with Crippen molar-refractivity contribution in [3.8, 4) is 0 Å². The summed E-state index contributed by atoms with van der Waals surface area (Å²) in [6, 6.07) is 14.6. The van der Waals surface area contributed by atoms with Crippen molar-refractivity contribution in [2.45, 2.75) is 70.2 Å². The number of hydrogen-bond donors (Lipinski definition) is 0. The Morgan fingerprint density at radius 3 is 2.16 bits per heavy atom. The minimum absolute atomic E-state index is 0.0983. The fourth-order valence-electron chi connectivity index (χ4n) is 5.36. The van der Waals surface area contributed by atoms with Crippen LogP contribution in [-0.4, -0.2) is 59.3 Å². The summed E-state index contributed by atoms with van der Waals surface area (Å²) in [5, 5.41) is 0. The molecule has 0 N–H and O–H groups in total. The van der Waals surface area contributed by atoms with Gasteiger partial charge in [0, 0.05) is 31.6 Å². The predicted octanol–water partition coefficient (Wildman–Crippen LogP) is 6.33. The minimum atomic E-state index is -5.00. The van der Waals surface area contributed by atoms with Gasteiger partial charge in [-0.1, -0.05) is 42.5 Å². The van der Waals surface area contributed by atoms with Crippen LogP contribution in [0.5, 0.6) is 0 Å². The van der Waals surface area contributed by atoms with Gasteiger partial charge in [-0.15, -0.1) is 0 Å². The smallest absolute Gasteiger partial charge is 0.444 e. The number of rotatable bonds is 6. The standard InChI is InChI=1S/C29H34F4N2O3/c1-27(2,3)38-26(37)34-15-13-28(14-16-34,18-20-9-11-22(30)12-10-20)19-35(25(36)29(31,32)33)24-17-23(24)21-7-5-4-6-8-21/h4-12,23-24H,13-19H2,1-3H3/t23-,24+/m0/s1. The lowest BCUT2D eigenvalue weighted by Gasteiger charge is -2.45. The van der Waals surface area contributed by atoms with Gasteiger partial charge in [-0.3, -0.25) is 4.79 Å². The van der Waals surface area contributed by atoms with Crippen molar-refractivity contribution in [3.05, 3.63) is 71.5 Å². The summed E-state index contributed by atoms with van der Waals surface area (Å²) < 4.78 is 60.4. The van der Waals surface area contributed by atoms with Crippen molar-refractivity contribution in [1.29, 1.82) is 0 Å². The van der Waals surface area contributed by atoms with Crippen molar-refractivity contribution < 1.29 is 31.9 Å². The molecular formula is C29H34F4N2O3. The topological polar surface area (TPSA) is 49.9 Å². The summed E-state index contributed by atoms with van der Waals surface area (Å²) in [4.78, 5) is 27.9. The number of piperidine rings is 1. The van der Waals surface area contributed by atoms with E-state index >= 15 is 0 Å². The van der Waals surface area contributed by atoms with Crippen molar-refractivity contribution in [1.82, 2.24) is 9.80 Å². The average molecular weight is 535 g/mol. The summed E-state index contributed by atoms with van der Waals surface area (Å²) in [6.07, 6.45) is -3.88. The molecule has 0 bridgehead atoms. The zero-order valence-corrected chi connectivity index (χ0v) is 21.9. The molecular weight excluding hydrogens is 500 g/mol. The maximum Gasteiger partial charge on any atom is 0.471 e. The van der Waals surface area contributed by atoms with Crippen molar-refractivity contribution >= 4 is 12.0 Å². The highest BCUT2D eigenvalue weighted by molar-refractivity contribution is 5.82. The summed E-state index contributed by atoms with van der Waals surface area (Å²) in [5.74, 6) is -2.40. The molecule has 2 fully saturated rings. The van der Waals surface area contributed by atoms with E-state index in [4.69, 9.17) is 4.74 Å². The molecule has 0 radical (unpaired) electrons. The molecule has 1 saturated heterocycles. The average Bonchev–Trinajstić information content (AvgIpc) is 3.64. The Morgan fingerprint density at radius 1 is 1.00 bits per heavy atom. The molecule has 38 heavy (non-hydrogen) atoms. The number of carbonyl (C=O) groups excluding carboxylic acids is 2. The van der Waals surface area contributed by atoms with Gasteiger partial charge in [0.25, 0.3) is 0 Å². The van der Waals surface area contributed by atoms with E-state index in [0.717, 1.165) is 16.0 Å². The van der Waals surface area contributed by atoms with E-state index in [1.165, 1.54) is 12.1 Å². The first-order chi connectivity index (χ1) is 17.8. The third-order valence-electron chi connectivity index (χ3n) is 7.36. The fraction of sp³-hybridized carbons (Fsp3) is 0.517. The second-order valence-electron chi connectivity index (χ2n) is 11.5. The number of benzene rings is 2. The first-order valence-electron chi connectivity index (χ1n) is 12.9. The Hall–Kier alpha value is -3.10. The number of alkyl halides is 3. The number of likely N-dealkylation sites (tertiary alicyclic amines) is 1. The lowest BCUT2D eigenvalue weighted by molar-refractivity contribution is -0.188. The van der Waals surface area contributed by atoms with E-state index in [2.05, 4.69) is 0 Å². The maximum absolute atomic E-state index is 13.8. The highest BCUT2D eigenvalue weighted by Crippen LogP contribution is 2.48. The summed E-state index contributed by atoms with van der Waals surface area (Å²) in [6.45, 7) is 5.79. The molecule has 2 atom stereocenters. The number of hydrogen-bond acceptors (Lipinski definition) is 3. The van der Waals surface area contributed by atoms with Crippen LogP contribution in [0.1, 0.15) is 57.1 Å². The number of halogens is 4. The van der Waals surface area contributed by atoms with Crippen LogP contribution in [-0.2, 0) is 16.0 Å². The van der Waals surface area contributed by atoms with Gasteiger partial charge < -0.3 is 14.5 Å². The van der Waals surface area contributed by atoms with Gasteiger partial charge in [0.2, 0.25) is 0 Å². The monoisotopic (exact) mass is 534 g/mol. The van der Waals surface area contributed by atoms with Gasteiger partial charge in [-0.25, -0.2) is 9.18 Å². The Balaban J connectivity index is 1.59. The molecule has 0 aromatic heterocycles. The van der Waals surface area contributed by atoms with Gasteiger partial charge in [0.1, 0.15) is 11.4 Å². The number of carbonyl (C=O) groups is 2. The molecule has 2 aliphatic rings. The second kappa shape index (κ2) is 10.6. The van der Waals surface area contributed by atoms with E-state index in [1.807, 2.05) is 30.3 Å². The zero-order chi connectivity index (χ0) is 27.7. The van der Waals surface area contributed by atoms with E-state index in [1.54, 1.807) is 37.8 Å². The van der Waals surface area contributed by atoms with Crippen LogP contribution in [0, 0.1) is 11.2 Å². The normalized spacial score (nSPS) is 21.1. The highest BCUT2D eigenvalue weighted by atomic mass is 19.4. The Kier molecular flexibility index (Phi) is 7.77. The molecule has 9 heteroatoms. The predicted molar refractivity (Wildman–Crippen MR) is 135 cm³/mol. The Labute approximate surface area is 220 Å². The van der Waals surface area contributed by atoms with E-state index < -0.39 is 41.1 Å². The summed E-state index contributed by atoms with van der Waals surface area (Å²) >= 11 is 0. The largest absolute Gasteiger partial charge is 0.471 e. The summed E-state index contributed by atoms with van der Waals surface area (Å²) in [5.41, 5.74) is 0.284. The third kappa shape index (κ3) is 6.85. The fourth-order valence-corrected chi connectivity index (χ4v) is 5.36. The van der Waals surface area contributed by atoms with Crippen molar-refractivity contribution in [3.63, 3.8) is 0 Å². The van der Waals surface area contributed by atoms with Crippen LogP contribution in [0.2, 0.25) is 0 Å². The van der Waals surface area contributed by atoms with E-state index in [9.17, 15) is 27.2 Å². The van der Waals surface area contributed by atoms with E-state index in [-0.39, 0.29) is 25.6 Å². The molecule has 1 heterocycles. The number of ether oxygens (including phenoxy) is 1. The van der Waals surface area contributed by atoms with Crippen LogP contribution in [0.3, 0.4) is 0 Å². The molecule has 2 aromatic rings. The van der Waals surface area contributed by atoms with Crippen LogP contribution >= 0.6 is 0 Å². The van der Waals surface area contributed by atoms with Crippen LogP contribution in [0.25, 0.3) is 0 Å².